The number of hydrogen-bond acceptors (Lipinski definition) is 4. The summed E-state index contributed by atoms with van der Waals surface area (Å²) in [5.74, 6) is 0.820. The van der Waals surface area contributed by atoms with E-state index in [9.17, 15) is 0 Å². The van der Waals surface area contributed by atoms with E-state index in [0.29, 0.717) is 6.10 Å². The SMILES string of the molecule is Cc1ccc(NCCOC2CCCC2)nn1. The molecule has 1 saturated carbocycles. The molecule has 0 saturated heterocycles. The summed E-state index contributed by atoms with van der Waals surface area (Å²) < 4.78 is 5.74. The van der Waals surface area contributed by atoms with Gasteiger partial charge in [0.05, 0.1) is 18.4 Å². The topological polar surface area (TPSA) is 47.0 Å². The van der Waals surface area contributed by atoms with Crippen LogP contribution in [0.5, 0.6) is 0 Å². The van der Waals surface area contributed by atoms with Crippen molar-refractivity contribution in [2.24, 2.45) is 0 Å². The van der Waals surface area contributed by atoms with Gasteiger partial charge in [-0.3, -0.25) is 0 Å². The summed E-state index contributed by atoms with van der Waals surface area (Å²) in [6, 6.07) is 3.89. The third kappa shape index (κ3) is 3.45. The first-order valence-corrected chi connectivity index (χ1v) is 6.00. The summed E-state index contributed by atoms with van der Waals surface area (Å²) in [5.41, 5.74) is 0.938. The number of hydrogen-bond donors (Lipinski definition) is 1. The van der Waals surface area contributed by atoms with Gasteiger partial charge >= 0.3 is 0 Å². The molecule has 4 nitrogen and oxygen atoms in total. The van der Waals surface area contributed by atoms with Crippen LogP contribution in [0.25, 0.3) is 0 Å². The lowest BCUT2D eigenvalue weighted by Crippen LogP contribution is -2.16. The average Bonchev–Trinajstić information content (AvgIpc) is 2.80. The molecule has 1 heterocycles. The largest absolute Gasteiger partial charge is 0.376 e. The van der Waals surface area contributed by atoms with Crippen molar-refractivity contribution < 1.29 is 4.74 Å². The van der Waals surface area contributed by atoms with E-state index in [4.69, 9.17) is 4.74 Å². The number of nitrogens with one attached hydrogen (secondary N) is 1. The lowest BCUT2D eigenvalue weighted by molar-refractivity contribution is 0.0658. The second-order valence-corrected chi connectivity index (χ2v) is 4.26. The highest BCUT2D eigenvalue weighted by molar-refractivity contribution is 5.32. The van der Waals surface area contributed by atoms with Gasteiger partial charge < -0.3 is 10.1 Å². The van der Waals surface area contributed by atoms with Crippen LogP contribution in [0.3, 0.4) is 0 Å². The summed E-state index contributed by atoms with van der Waals surface area (Å²) in [5, 5.41) is 11.2. The summed E-state index contributed by atoms with van der Waals surface area (Å²) in [6.07, 6.45) is 5.59. The van der Waals surface area contributed by atoms with E-state index in [-0.39, 0.29) is 0 Å². The monoisotopic (exact) mass is 221 g/mol. The quantitative estimate of drug-likeness (QED) is 0.774. The molecule has 1 aromatic heterocycles. The summed E-state index contributed by atoms with van der Waals surface area (Å²) >= 11 is 0. The molecule has 0 aliphatic heterocycles. The van der Waals surface area contributed by atoms with Gasteiger partial charge in [0.15, 0.2) is 0 Å². The Labute approximate surface area is 96.4 Å². The van der Waals surface area contributed by atoms with Crippen molar-refractivity contribution in [2.75, 3.05) is 18.5 Å². The number of aryl methyl sites for hydroxylation is 1. The van der Waals surface area contributed by atoms with Crippen LogP contribution in [0, 0.1) is 6.92 Å². The molecule has 0 atom stereocenters. The van der Waals surface area contributed by atoms with Crippen molar-refractivity contribution in [1.29, 1.82) is 0 Å². The molecular weight excluding hydrogens is 202 g/mol. The van der Waals surface area contributed by atoms with Crippen LogP contribution in [-0.4, -0.2) is 29.5 Å². The van der Waals surface area contributed by atoms with Crippen LogP contribution in [0.4, 0.5) is 5.82 Å². The molecule has 2 rings (SSSR count). The van der Waals surface area contributed by atoms with Crippen LogP contribution < -0.4 is 5.32 Å². The predicted octanol–water partition coefficient (Wildman–Crippen LogP) is 2.16. The summed E-state index contributed by atoms with van der Waals surface area (Å²) in [6.45, 7) is 3.48. The van der Waals surface area contributed by atoms with E-state index in [0.717, 1.165) is 24.7 Å². The molecule has 88 valence electrons. The second kappa shape index (κ2) is 5.80. The maximum Gasteiger partial charge on any atom is 0.148 e. The molecule has 0 spiro atoms. The first-order chi connectivity index (χ1) is 7.84. The molecule has 1 aliphatic carbocycles. The van der Waals surface area contributed by atoms with Crippen LogP contribution in [0.2, 0.25) is 0 Å². The smallest absolute Gasteiger partial charge is 0.148 e. The molecule has 0 unspecified atom stereocenters. The highest BCUT2D eigenvalue weighted by Gasteiger charge is 2.14. The Morgan fingerprint density at radius 1 is 1.31 bits per heavy atom. The zero-order valence-electron chi connectivity index (χ0n) is 9.78. The lowest BCUT2D eigenvalue weighted by atomic mass is 10.3. The van der Waals surface area contributed by atoms with Gasteiger partial charge in [0, 0.05) is 6.54 Å². The minimum Gasteiger partial charge on any atom is -0.376 e. The minimum absolute atomic E-state index is 0.492. The van der Waals surface area contributed by atoms with Gasteiger partial charge in [-0.05, 0) is 31.9 Å². The predicted molar refractivity (Wildman–Crippen MR) is 63.5 cm³/mol. The number of anilines is 1. The Bertz CT molecular complexity index is 307. The van der Waals surface area contributed by atoms with Gasteiger partial charge in [0.2, 0.25) is 0 Å². The van der Waals surface area contributed by atoms with Gasteiger partial charge in [-0.15, -0.1) is 5.10 Å². The highest BCUT2D eigenvalue weighted by Crippen LogP contribution is 2.20. The molecule has 16 heavy (non-hydrogen) atoms. The summed E-state index contributed by atoms with van der Waals surface area (Å²) in [7, 11) is 0. The molecule has 0 aromatic carbocycles. The van der Waals surface area contributed by atoms with E-state index < -0.39 is 0 Å². The Balaban J connectivity index is 1.62. The third-order valence-electron chi connectivity index (χ3n) is 2.86. The third-order valence-corrected chi connectivity index (χ3v) is 2.86. The van der Waals surface area contributed by atoms with Crippen LogP contribution in [0.1, 0.15) is 31.4 Å². The van der Waals surface area contributed by atoms with Crippen molar-refractivity contribution in [3.05, 3.63) is 17.8 Å². The molecule has 0 amide bonds. The van der Waals surface area contributed by atoms with E-state index in [1.807, 2.05) is 19.1 Å². The van der Waals surface area contributed by atoms with E-state index in [1.54, 1.807) is 0 Å². The Kier molecular flexibility index (Phi) is 4.10. The maximum atomic E-state index is 5.74. The van der Waals surface area contributed by atoms with E-state index in [1.165, 1.54) is 25.7 Å². The van der Waals surface area contributed by atoms with Crippen molar-refractivity contribution in [2.45, 2.75) is 38.7 Å². The Hall–Kier alpha value is -1.16. The summed E-state index contributed by atoms with van der Waals surface area (Å²) in [4.78, 5) is 0. The van der Waals surface area contributed by atoms with E-state index in [2.05, 4.69) is 15.5 Å². The second-order valence-electron chi connectivity index (χ2n) is 4.26. The lowest BCUT2D eigenvalue weighted by Gasteiger charge is -2.11. The first-order valence-electron chi connectivity index (χ1n) is 6.00. The Morgan fingerprint density at radius 2 is 2.12 bits per heavy atom. The fourth-order valence-corrected chi connectivity index (χ4v) is 1.95. The number of aromatic nitrogens is 2. The van der Waals surface area contributed by atoms with Gasteiger partial charge in [-0.2, -0.15) is 5.10 Å². The molecule has 1 N–H and O–H groups in total. The first kappa shape index (κ1) is 11.3. The molecule has 1 fully saturated rings. The standard InChI is InChI=1S/C12H19N3O/c1-10-6-7-12(15-14-10)13-8-9-16-11-4-2-3-5-11/h6-7,11H,2-5,8-9H2,1H3,(H,13,15). The van der Waals surface area contributed by atoms with Crippen LogP contribution in [-0.2, 0) is 4.74 Å². The van der Waals surface area contributed by atoms with Gasteiger partial charge in [0.25, 0.3) is 0 Å². The van der Waals surface area contributed by atoms with Crippen LogP contribution >= 0.6 is 0 Å². The van der Waals surface area contributed by atoms with Gasteiger partial charge in [0.1, 0.15) is 5.82 Å². The number of ether oxygens (including phenoxy) is 1. The normalized spacial score (nSPS) is 16.6. The number of nitrogens with zero attached hydrogens (tertiary/aromatic N) is 2. The van der Waals surface area contributed by atoms with Crippen molar-refractivity contribution in [3.63, 3.8) is 0 Å². The van der Waals surface area contributed by atoms with E-state index >= 15 is 0 Å². The molecule has 0 bridgehead atoms. The number of rotatable bonds is 5. The molecular formula is C12H19N3O. The molecule has 0 radical (unpaired) electrons. The van der Waals surface area contributed by atoms with Crippen molar-refractivity contribution in [3.8, 4) is 0 Å². The zero-order chi connectivity index (χ0) is 11.2. The minimum atomic E-state index is 0.492. The van der Waals surface area contributed by atoms with Crippen molar-refractivity contribution >= 4 is 5.82 Å². The highest BCUT2D eigenvalue weighted by atomic mass is 16.5. The average molecular weight is 221 g/mol. The molecule has 4 heteroatoms. The fraction of sp³-hybridized carbons (Fsp3) is 0.667. The van der Waals surface area contributed by atoms with Gasteiger partial charge in [-0.1, -0.05) is 12.8 Å². The molecule has 1 aliphatic rings. The van der Waals surface area contributed by atoms with Gasteiger partial charge in [-0.25, -0.2) is 0 Å². The Morgan fingerprint density at radius 3 is 2.81 bits per heavy atom. The zero-order valence-corrected chi connectivity index (χ0v) is 9.78. The maximum absolute atomic E-state index is 5.74. The van der Waals surface area contributed by atoms with Crippen molar-refractivity contribution in [1.82, 2.24) is 10.2 Å². The fourth-order valence-electron chi connectivity index (χ4n) is 1.95. The van der Waals surface area contributed by atoms with Crippen LogP contribution in [0.15, 0.2) is 12.1 Å². The molecule has 1 aromatic rings.